The van der Waals surface area contributed by atoms with Crippen molar-refractivity contribution in [2.45, 2.75) is 52.5 Å². The van der Waals surface area contributed by atoms with Crippen molar-refractivity contribution < 1.29 is 4.52 Å². The van der Waals surface area contributed by atoms with Crippen LogP contribution in [0.25, 0.3) is 0 Å². The lowest BCUT2D eigenvalue weighted by Crippen LogP contribution is -2.18. The van der Waals surface area contributed by atoms with Crippen LogP contribution in [0.2, 0.25) is 0 Å². The molecule has 16 heavy (non-hydrogen) atoms. The SMILES string of the molecule is CCCNCc1noc2c1CCC(C)C2C. The van der Waals surface area contributed by atoms with Crippen LogP contribution in [-0.2, 0) is 13.0 Å². The third kappa shape index (κ3) is 2.14. The fraction of sp³-hybridized carbons (Fsp3) is 0.769. The molecule has 0 bridgehead atoms. The Morgan fingerprint density at radius 3 is 3.00 bits per heavy atom. The lowest BCUT2D eigenvalue weighted by atomic mass is 9.80. The van der Waals surface area contributed by atoms with Gasteiger partial charge in [0.15, 0.2) is 0 Å². The van der Waals surface area contributed by atoms with Crippen LogP contribution in [-0.4, -0.2) is 11.7 Å². The first-order valence-corrected chi connectivity index (χ1v) is 6.42. The van der Waals surface area contributed by atoms with Crippen molar-refractivity contribution in [3.63, 3.8) is 0 Å². The molecule has 1 aliphatic rings. The summed E-state index contributed by atoms with van der Waals surface area (Å²) in [4.78, 5) is 0. The fourth-order valence-corrected chi connectivity index (χ4v) is 2.39. The minimum Gasteiger partial charge on any atom is -0.361 e. The summed E-state index contributed by atoms with van der Waals surface area (Å²) in [5.74, 6) is 2.38. The van der Waals surface area contributed by atoms with E-state index in [1.807, 2.05) is 0 Å². The highest BCUT2D eigenvalue weighted by Gasteiger charge is 2.29. The van der Waals surface area contributed by atoms with Crippen molar-refractivity contribution >= 4 is 0 Å². The van der Waals surface area contributed by atoms with Crippen LogP contribution in [0.4, 0.5) is 0 Å². The highest BCUT2D eigenvalue weighted by atomic mass is 16.5. The summed E-state index contributed by atoms with van der Waals surface area (Å²) in [6.07, 6.45) is 3.55. The molecule has 0 aliphatic heterocycles. The van der Waals surface area contributed by atoms with Crippen LogP contribution in [0.1, 0.15) is 56.5 Å². The molecule has 0 amide bonds. The summed E-state index contributed by atoms with van der Waals surface area (Å²) in [6.45, 7) is 8.62. The number of nitrogens with zero attached hydrogens (tertiary/aromatic N) is 1. The van der Waals surface area contributed by atoms with Gasteiger partial charge in [0, 0.05) is 18.0 Å². The van der Waals surface area contributed by atoms with Gasteiger partial charge in [0.2, 0.25) is 0 Å². The van der Waals surface area contributed by atoms with E-state index in [1.54, 1.807) is 0 Å². The van der Waals surface area contributed by atoms with E-state index in [0.29, 0.717) is 5.92 Å². The molecule has 3 heteroatoms. The van der Waals surface area contributed by atoms with Gasteiger partial charge in [-0.2, -0.15) is 0 Å². The number of hydrogen-bond acceptors (Lipinski definition) is 3. The highest BCUT2D eigenvalue weighted by Crippen LogP contribution is 2.36. The topological polar surface area (TPSA) is 38.1 Å². The Morgan fingerprint density at radius 1 is 1.44 bits per heavy atom. The molecule has 1 heterocycles. The van der Waals surface area contributed by atoms with Gasteiger partial charge >= 0.3 is 0 Å². The summed E-state index contributed by atoms with van der Waals surface area (Å²) >= 11 is 0. The minimum absolute atomic E-state index is 0.524. The van der Waals surface area contributed by atoms with E-state index in [4.69, 9.17) is 4.52 Å². The molecule has 1 aromatic heterocycles. The van der Waals surface area contributed by atoms with E-state index in [9.17, 15) is 0 Å². The zero-order chi connectivity index (χ0) is 11.5. The Morgan fingerprint density at radius 2 is 2.25 bits per heavy atom. The van der Waals surface area contributed by atoms with Gasteiger partial charge in [0.05, 0.1) is 0 Å². The van der Waals surface area contributed by atoms with Crippen LogP contribution in [0.3, 0.4) is 0 Å². The molecular formula is C13H22N2O. The van der Waals surface area contributed by atoms with Gasteiger partial charge in [-0.15, -0.1) is 0 Å². The van der Waals surface area contributed by atoms with Gasteiger partial charge in [-0.3, -0.25) is 0 Å². The number of hydrogen-bond donors (Lipinski definition) is 1. The maximum atomic E-state index is 5.51. The largest absolute Gasteiger partial charge is 0.361 e. The maximum absolute atomic E-state index is 5.51. The second kappa shape index (κ2) is 5.00. The summed E-state index contributed by atoms with van der Waals surface area (Å²) in [7, 11) is 0. The van der Waals surface area contributed by atoms with Crippen molar-refractivity contribution in [1.29, 1.82) is 0 Å². The van der Waals surface area contributed by atoms with Crippen LogP contribution < -0.4 is 5.32 Å². The lowest BCUT2D eigenvalue weighted by Gasteiger charge is -2.23. The molecular weight excluding hydrogens is 200 g/mol. The lowest BCUT2D eigenvalue weighted by molar-refractivity contribution is 0.306. The molecule has 3 nitrogen and oxygen atoms in total. The molecule has 90 valence electrons. The third-order valence-electron chi connectivity index (χ3n) is 3.74. The Labute approximate surface area is 97.6 Å². The highest BCUT2D eigenvalue weighted by molar-refractivity contribution is 5.28. The van der Waals surface area contributed by atoms with E-state index in [0.717, 1.165) is 43.3 Å². The molecule has 1 aromatic rings. The van der Waals surface area contributed by atoms with Gasteiger partial charge in [-0.1, -0.05) is 25.9 Å². The molecule has 0 aromatic carbocycles. The van der Waals surface area contributed by atoms with Crippen LogP contribution in [0, 0.1) is 5.92 Å². The van der Waals surface area contributed by atoms with Gasteiger partial charge in [-0.25, -0.2) is 0 Å². The molecule has 0 saturated carbocycles. The first kappa shape index (κ1) is 11.6. The number of aromatic nitrogens is 1. The number of fused-ring (bicyclic) bond motifs is 1. The molecule has 2 unspecified atom stereocenters. The van der Waals surface area contributed by atoms with Gasteiger partial charge in [0.1, 0.15) is 11.5 Å². The molecule has 1 aliphatic carbocycles. The number of nitrogens with one attached hydrogen (secondary N) is 1. The summed E-state index contributed by atoms with van der Waals surface area (Å²) in [5.41, 5.74) is 2.50. The van der Waals surface area contributed by atoms with E-state index in [1.165, 1.54) is 12.0 Å². The molecule has 0 fully saturated rings. The van der Waals surface area contributed by atoms with E-state index in [2.05, 4.69) is 31.2 Å². The van der Waals surface area contributed by atoms with Crippen molar-refractivity contribution in [2.24, 2.45) is 5.92 Å². The monoisotopic (exact) mass is 222 g/mol. The second-order valence-corrected chi connectivity index (χ2v) is 4.95. The number of rotatable bonds is 4. The Kier molecular flexibility index (Phi) is 3.64. The summed E-state index contributed by atoms with van der Waals surface area (Å²) in [5, 5.41) is 7.61. The predicted molar refractivity (Wildman–Crippen MR) is 64.4 cm³/mol. The zero-order valence-electron chi connectivity index (χ0n) is 10.5. The van der Waals surface area contributed by atoms with E-state index in [-0.39, 0.29) is 0 Å². The van der Waals surface area contributed by atoms with Gasteiger partial charge < -0.3 is 9.84 Å². The first-order valence-electron chi connectivity index (χ1n) is 6.42. The van der Waals surface area contributed by atoms with Crippen molar-refractivity contribution in [1.82, 2.24) is 10.5 Å². The van der Waals surface area contributed by atoms with Gasteiger partial charge in [0.25, 0.3) is 0 Å². The standard InChI is InChI=1S/C13H22N2O/c1-4-7-14-8-12-11-6-5-9(2)10(3)13(11)16-15-12/h9-10,14H,4-8H2,1-3H3. The normalized spacial score (nSPS) is 24.4. The van der Waals surface area contributed by atoms with E-state index < -0.39 is 0 Å². The fourth-order valence-electron chi connectivity index (χ4n) is 2.39. The molecule has 1 N–H and O–H groups in total. The van der Waals surface area contributed by atoms with Crippen molar-refractivity contribution in [2.75, 3.05) is 6.54 Å². The van der Waals surface area contributed by atoms with Crippen LogP contribution in [0.5, 0.6) is 0 Å². The Balaban J connectivity index is 2.09. The molecule has 0 radical (unpaired) electrons. The van der Waals surface area contributed by atoms with Gasteiger partial charge in [-0.05, 0) is 31.7 Å². The Bertz CT molecular complexity index is 346. The van der Waals surface area contributed by atoms with Crippen molar-refractivity contribution in [3.05, 3.63) is 17.0 Å². The van der Waals surface area contributed by atoms with Crippen LogP contribution >= 0.6 is 0 Å². The first-order chi connectivity index (χ1) is 7.74. The average Bonchev–Trinajstić information content (AvgIpc) is 2.68. The second-order valence-electron chi connectivity index (χ2n) is 4.95. The zero-order valence-corrected chi connectivity index (χ0v) is 10.5. The predicted octanol–water partition coefficient (Wildman–Crippen LogP) is 2.86. The third-order valence-corrected chi connectivity index (χ3v) is 3.74. The van der Waals surface area contributed by atoms with Crippen molar-refractivity contribution in [3.8, 4) is 0 Å². The van der Waals surface area contributed by atoms with E-state index >= 15 is 0 Å². The summed E-state index contributed by atoms with van der Waals surface area (Å²) < 4.78 is 5.51. The molecule has 0 saturated heterocycles. The average molecular weight is 222 g/mol. The smallest absolute Gasteiger partial charge is 0.143 e. The van der Waals surface area contributed by atoms with Crippen LogP contribution in [0.15, 0.2) is 4.52 Å². The summed E-state index contributed by atoms with van der Waals surface area (Å²) in [6, 6.07) is 0. The molecule has 0 spiro atoms. The minimum atomic E-state index is 0.524. The molecule has 2 rings (SSSR count). The molecule has 2 atom stereocenters. The maximum Gasteiger partial charge on any atom is 0.143 e. The Hall–Kier alpha value is -0.830. The quantitative estimate of drug-likeness (QED) is 0.796.